The van der Waals surface area contributed by atoms with Gasteiger partial charge in [0.05, 0.1) is 24.5 Å². The number of para-hydroxylation sites is 1. The molecule has 0 fully saturated rings. The standard InChI is InChI=1S/C10H11BrN2O2P/c1-12-10(14)8-4-2-3-5-9(8)13(7-6-11)16(12)15/h2-5H,6-7H2,1H3/q+1. The molecule has 16 heavy (non-hydrogen) atoms. The Labute approximate surface area is 102 Å². The van der Waals surface area contributed by atoms with Gasteiger partial charge in [0, 0.05) is 5.33 Å². The zero-order valence-corrected chi connectivity index (χ0v) is 11.2. The van der Waals surface area contributed by atoms with E-state index >= 15 is 0 Å². The molecule has 0 saturated heterocycles. The van der Waals surface area contributed by atoms with Crippen LogP contribution in [-0.2, 0) is 18.2 Å². The Balaban J connectivity index is 2.98. The maximum Gasteiger partial charge on any atom is 0.598 e. The Bertz CT molecular complexity index is 647. The number of hydrogen-bond donors (Lipinski definition) is 0. The van der Waals surface area contributed by atoms with Crippen LogP contribution in [0.5, 0.6) is 0 Å². The summed E-state index contributed by atoms with van der Waals surface area (Å²) in [5.74, 6) is 0. The van der Waals surface area contributed by atoms with Gasteiger partial charge in [0.15, 0.2) is 0 Å². The maximum absolute atomic E-state index is 12.0. The van der Waals surface area contributed by atoms with Crippen LogP contribution >= 0.6 is 23.7 Å². The minimum Gasteiger partial charge on any atom is -0.265 e. The Kier molecular flexibility index (Phi) is 3.26. The number of rotatable bonds is 2. The summed E-state index contributed by atoms with van der Waals surface area (Å²) in [6.07, 6.45) is 0. The number of nitrogens with zero attached hydrogens (tertiary/aromatic N) is 2. The third kappa shape index (κ3) is 1.74. The predicted octanol–water partition coefficient (Wildman–Crippen LogP) is 2.48. The highest BCUT2D eigenvalue weighted by Crippen LogP contribution is 2.19. The lowest BCUT2D eigenvalue weighted by Gasteiger charge is -2.01. The second-order valence-corrected chi connectivity index (χ2v) is 5.79. The van der Waals surface area contributed by atoms with Crippen LogP contribution in [-0.4, -0.2) is 14.0 Å². The van der Waals surface area contributed by atoms with Crippen molar-refractivity contribution in [2.45, 2.75) is 6.54 Å². The maximum atomic E-state index is 12.0. The van der Waals surface area contributed by atoms with Gasteiger partial charge >= 0.3 is 7.73 Å². The molecule has 0 aliphatic heterocycles. The first-order chi connectivity index (χ1) is 7.66. The van der Waals surface area contributed by atoms with Gasteiger partial charge in [-0.05, 0) is 16.7 Å². The molecule has 4 nitrogen and oxygen atoms in total. The molecule has 2 rings (SSSR count). The van der Waals surface area contributed by atoms with Crippen molar-refractivity contribution in [3.8, 4) is 0 Å². The summed E-state index contributed by atoms with van der Waals surface area (Å²) in [6, 6.07) is 7.25. The third-order valence-electron chi connectivity index (χ3n) is 2.47. The SMILES string of the molecule is Cn1c(=O)c2ccccc2n(CCBr)[p+]1=O. The highest BCUT2D eigenvalue weighted by molar-refractivity contribution is 9.09. The number of aryl methyl sites for hydroxylation is 1. The van der Waals surface area contributed by atoms with Gasteiger partial charge in [-0.25, -0.2) is 0 Å². The normalized spacial score (nSPS) is 12.0. The van der Waals surface area contributed by atoms with Gasteiger partial charge in [0.2, 0.25) is 0 Å². The lowest BCUT2D eigenvalue weighted by Crippen LogP contribution is -2.18. The molecular formula is C10H11BrN2O2P+. The number of alkyl halides is 1. The number of halogens is 1. The average Bonchev–Trinajstić information content (AvgIpc) is 2.32. The van der Waals surface area contributed by atoms with Gasteiger partial charge in [0.25, 0.3) is 5.56 Å². The fourth-order valence-corrected chi connectivity index (χ4v) is 3.52. The van der Waals surface area contributed by atoms with Crippen LogP contribution in [0.15, 0.2) is 29.1 Å². The molecule has 0 saturated carbocycles. The van der Waals surface area contributed by atoms with E-state index in [2.05, 4.69) is 15.9 Å². The first kappa shape index (κ1) is 11.6. The smallest absolute Gasteiger partial charge is 0.265 e. The van der Waals surface area contributed by atoms with Crippen molar-refractivity contribution in [1.82, 2.24) is 8.66 Å². The van der Waals surface area contributed by atoms with E-state index in [-0.39, 0.29) is 5.56 Å². The van der Waals surface area contributed by atoms with E-state index in [9.17, 15) is 9.36 Å². The van der Waals surface area contributed by atoms with Crippen LogP contribution < -0.4 is 5.56 Å². The molecule has 1 unspecified atom stereocenters. The molecule has 0 spiro atoms. The van der Waals surface area contributed by atoms with Crippen molar-refractivity contribution in [3.63, 3.8) is 0 Å². The summed E-state index contributed by atoms with van der Waals surface area (Å²) in [6.45, 7) is 0.615. The van der Waals surface area contributed by atoms with Gasteiger partial charge in [0.1, 0.15) is 0 Å². The Morgan fingerprint density at radius 3 is 2.75 bits per heavy atom. The largest absolute Gasteiger partial charge is 0.598 e. The first-order valence-electron chi connectivity index (χ1n) is 4.84. The van der Waals surface area contributed by atoms with Crippen molar-refractivity contribution >= 4 is 34.6 Å². The quantitative estimate of drug-likeness (QED) is 0.800. The summed E-state index contributed by atoms with van der Waals surface area (Å²) < 4.78 is 15.1. The third-order valence-corrected chi connectivity index (χ3v) is 4.34. The van der Waals surface area contributed by atoms with Gasteiger partial charge in [-0.15, -0.1) is 8.66 Å². The molecule has 1 aromatic heterocycles. The summed E-state index contributed by atoms with van der Waals surface area (Å²) in [5.41, 5.74) is 0.577. The summed E-state index contributed by atoms with van der Waals surface area (Å²) >= 11 is 3.33. The number of fused-ring (bicyclic) bond motifs is 1. The molecule has 2 aromatic rings. The molecule has 0 N–H and O–H groups in total. The van der Waals surface area contributed by atoms with Crippen LogP contribution in [0.3, 0.4) is 0 Å². The van der Waals surface area contributed by atoms with Crippen LogP contribution in [0.2, 0.25) is 0 Å². The summed E-state index contributed by atoms with van der Waals surface area (Å²) in [7, 11) is -0.243. The average molecular weight is 302 g/mol. The monoisotopic (exact) mass is 301 g/mol. The highest BCUT2D eigenvalue weighted by Gasteiger charge is 2.18. The van der Waals surface area contributed by atoms with Gasteiger partial charge in [-0.2, -0.15) is 0 Å². The fourth-order valence-electron chi connectivity index (χ4n) is 1.67. The van der Waals surface area contributed by atoms with E-state index in [1.165, 1.54) is 4.33 Å². The minimum absolute atomic E-state index is 0.178. The Morgan fingerprint density at radius 2 is 2.06 bits per heavy atom. The second-order valence-electron chi connectivity index (χ2n) is 3.41. The van der Waals surface area contributed by atoms with Gasteiger partial charge in [-0.3, -0.25) is 4.79 Å². The number of benzene rings is 1. The van der Waals surface area contributed by atoms with E-state index in [0.29, 0.717) is 17.3 Å². The Morgan fingerprint density at radius 1 is 1.38 bits per heavy atom. The molecule has 0 aliphatic carbocycles. The van der Waals surface area contributed by atoms with Crippen molar-refractivity contribution in [1.29, 1.82) is 0 Å². The molecule has 84 valence electrons. The highest BCUT2D eigenvalue weighted by atomic mass is 79.9. The van der Waals surface area contributed by atoms with Crippen LogP contribution in [0.25, 0.3) is 10.9 Å². The molecule has 1 heterocycles. The zero-order valence-electron chi connectivity index (χ0n) is 8.76. The Hall–Kier alpha value is -0.930. The number of hydrogen-bond acceptors (Lipinski definition) is 2. The number of aromatic nitrogens is 2. The topological polar surface area (TPSA) is 44.0 Å². The molecule has 0 bridgehead atoms. The van der Waals surface area contributed by atoms with E-state index in [1.807, 2.05) is 18.2 Å². The second kappa shape index (κ2) is 4.52. The van der Waals surface area contributed by atoms with Gasteiger partial charge in [-0.1, -0.05) is 28.1 Å². The van der Waals surface area contributed by atoms with Crippen molar-refractivity contribution in [3.05, 3.63) is 34.6 Å². The first-order valence-corrected chi connectivity index (χ1v) is 7.13. The molecule has 6 heteroatoms. The molecule has 1 atom stereocenters. The van der Waals surface area contributed by atoms with E-state index in [0.717, 1.165) is 5.52 Å². The van der Waals surface area contributed by atoms with Crippen molar-refractivity contribution in [2.75, 3.05) is 5.33 Å². The fraction of sp³-hybridized carbons (Fsp3) is 0.300. The molecule has 0 amide bonds. The zero-order chi connectivity index (χ0) is 11.7. The van der Waals surface area contributed by atoms with E-state index in [1.54, 1.807) is 17.4 Å². The molecule has 0 aliphatic rings. The van der Waals surface area contributed by atoms with Crippen molar-refractivity contribution in [2.24, 2.45) is 7.05 Å². The van der Waals surface area contributed by atoms with Crippen molar-refractivity contribution < 1.29 is 4.57 Å². The van der Waals surface area contributed by atoms with Crippen LogP contribution in [0, 0.1) is 0 Å². The van der Waals surface area contributed by atoms with E-state index < -0.39 is 7.73 Å². The van der Waals surface area contributed by atoms with Gasteiger partial charge < -0.3 is 0 Å². The summed E-state index contributed by atoms with van der Waals surface area (Å²) in [4.78, 5) is 11.9. The predicted molar refractivity (Wildman–Crippen MR) is 68.6 cm³/mol. The molecule has 1 aromatic carbocycles. The van der Waals surface area contributed by atoms with Crippen LogP contribution in [0.4, 0.5) is 0 Å². The summed E-state index contributed by atoms with van der Waals surface area (Å²) in [5, 5.41) is 1.32. The lowest BCUT2D eigenvalue weighted by atomic mass is 10.2. The van der Waals surface area contributed by atoms with E-state index in [4.69, 9.17) is 0 Å². The minimum atomic E-state index is -1.81. The van der Waals surface area contributed by atoms with Crippen LogP contribution in [0.1, 0.15) is 0 Å². The molecular weight excluding hydrogens is 291 g/mol. The lowest BCUT2D eigenvalue weighted by molar-refractivity contribution is 0.576. The molecule has 0 radical (unpaired) electrons.